The predicted octanol–water partition coefficient (Wildman–Crippen LogP) is 3.27. The van der Waals surface area contributed by atoms with Crippen LogP contribution in [-0.4, -0.2) is 45.6 Å². The van der Waals surface area contributed by atoms with Gasteiger partial charge in [-0.15, -0.1) is 0 Å². The zero-order chi connectivity index (χ0) is 22.9. The van der Waals surface area contributed by atoms with Crippen LogP contribution in [0.15, 0.2) is 67.3 Å². The molecule has 0 bridgehead atoms. The van der Waals surface area contributed by atoms with Crippen molar-refractivity contribution in [1.82, 2.24) is 14.7 Å². The lowest BCUT2D eigenvalue weighted by Crippen LogP contribution is -2.52. The number of aromatic nitrogens is 2. The molecular weight excluding hydrogens is 418 g/mol. The molecule has 8 nitrogen and oxygen atoms in total. The number of nitrogens with zero attached hydrogens (tertiary/aromatic N) is 3. The number of rotatable bonds is 5. The number of piperidine rings is 1. The third kappa shape index (κ3) is 3.95. The summed E-state index contributed by atoms with van der Waals surface area (Å²) in [7, 11) is 0. The molecule has 168 valence electrons. The molecule has 3 N–H and O–H groups in total. The van der Waals surface area contributed by atoms with Crippen molar-refractivity contribution in [2.45, 2.75) is 19.0 Å². The van der Waals surface area contributed by atoms with E-state index in [0.29, 0.717) is 42.5 Å². The molecule has 2 atom stereocenters. The summed E-state index contributed by atoms with van der Waals surface area (Å²) in [6.07, 6.45) is 2.14. The van der Waals surface area contributed by atoms with Crippen molar-refractivity contribution in [3.63, 3.8) is 0 Å². The van der Waals surface area contributed by atoms with Gasteiger partial charge in [0.25, 0.3) is 5.91 Å². The largest absolute Gasteiger partial charge is 0.457 e. The number of benzene rings is 2. The summed E-state index contributed by atoms with van der Waals surface area (Å²) in [6, 6.07) is 17.1. The molecule has 0 saturated carbocycles. The SMILES string of the molecule is C=CC(=O)N1CC[C@H]2Nc3c(C(N)=O)c(-c4ccc(Oc5ccccc5)cc4)nn3C[C@H]2C1. The maximum absolute atomic E-state index is 12.4. The Hall–Kier alpha value is -4.07. The molecule has 5 rings (SSSR count). The van der Waals surface area contributed by atoms with Gasteiger partial charge in [-0.3, -0.25) is 9.59 Å². The van der Waals surface area contributed by atoms with Crippen LogP contribution in [0.5, 0.6) is 11.5 Å². The molecule has 1 aromatic heterocycles. The molecule has 3 heterocycles. The van der Waals surface area contributed by atoms with Gasteiger partial charge in [0, 0.05) is 37.2 Å². The van der Waals surface area contributed by atoms with Gasteiger partial charge in [-0.05, 0) is 48.9 Å². The van der Waals surface area contributed by atoms with E-state index in [1.165, 1.54) is 6.08 Å². The summed E-state index contributed by atoms with van der Waals surface area (Å²) in [4.78, 5) is 26.3. The number of hydrogen-bond acceptors (Lipinski definition) is 5. The Morgan fingerprint density at radius 3 is 2.52 bits per heavy atom. The van der Waals surface area contributed by atoms with E-state index in [2.05, 4.69) is 11.9 Å². The number of fused-ring (bicyclic) bond motifs is 2. The van der Waals surface area contributed by atoms with Crippen LogP contribution in [0.3, 0.4) is 0 Å². The Labute approximate surface area is 191 Å². The number of anilines is 1. The minimum atomic E-state index is -0.527. The van der Waals surface area contributed by atoms with Gasteiger partial charge in [-0.1, -0.05) is 24.8 Å². The number of nitrogens with one attached hydrogen (secondary N) is 1. The number of carbonyl (C=O) groups excluding carboxylic acids is 2. The fourth-order valence-corrected chi connectivity index (χ4v) is 4.62. The van der Waals surface area contributed by atoms with Crippen LogP contribution in [0.1, 0.15) is 16.8 Å². The van der Waals surface area contributed by atoms with Crippen LogP contribution < -0.4 is 15.8 Å². The van der Waals surface area contributed by atoms with Gasteiger partial charge in [0.2, 0.25) is 5.91 Å². The Balaban J connectivity index is 1.42. The Morgan fingerprint density at radius 2 is 1.82 bits per heavy atom. The van der Waals surface area contributed by atoms with Crippen LogP contribution in [-0.2, 0) is 11.3 Å². The lowest BCUT2D eigenvalue weighted by Gasteiger charge is -2.41. The highest BCUT2D eigenvalue weighted by molar-refractivity contribution is 6.04. The normalized spacial score (nSPS) is 19.1. The van der Waals surface area contributed by atoms with Crippen molar-refractivity contribution in [3.8, 4) is 22.8 Å². The highest BCUT2D eigenvalue weighted by atomic mass is 16.5. The fourth-order valence-electron chi connectivity index (χ4n) is 4.62. The average molecular weight is 444 g/mol. The summed E-state index contributed by atoms with van der Waals surface area (Å²) in [6.45, 7) is 5.46. The second-order valence-electron chi connectivity index (χ2n) is 8.35. The van der Waals surface area contributed by atoms with Crippen LogP contribution in [0.2, 0.25) is 0 Å². The molecular formula is C25H25N5O3. The van der Waals surface area contributed by atoms with Gasteiger partial charge in [0.05, 0.1) is 0 Å². The van der Waals surface area contributed by atoms with Gasteiger partial charge in [0.1, 0.15) is 28.6 Å². The summed E-state index contributed by atoms with van der Waals surface area (Å²) in [5.41, 5.74) is 7.48. The van der Waals surface area contributed by atoms with Gasteiger partial charge in [0.15, 0.2) is 0 Å². The highest BCUT2D eigenvalue weighted by Gasteiger charge is 2.37. The molecule has 8 heteroatoms. The molecule has 1 saturated heterocycles. The van der Waals surface area contributed by atoms with Crippen molar-refractivity contribution in [2.75, 3.05) is 18.4 Å². The number of ether oxygens (including phenoxy) is 1. The minimum absolute atomic E-state index is 0.0592. The van der Waals surface area contributed by atoms with Crippen molar-refractivity contribution in [3.05, 3.63) is 72.8 Å². The monoisotopic (exact) mass is 443 g/mol. The van der Waals surface area contributed by atoms with Crippen molar-refractivity contribution >= 4 is 17.6 Å². The number of carbonyl (C=O) groups is 2. The van der Waals surface area contributed by atoms with Crippen molar-refractivity contribution in [2.24, 2.45) is 11.7 Å². The Kier molecular flexibility index (Phi) is 5.34. The van der Waals surface area contributed by atoms with E-state index in [0.717, 1.165) is 17.7 Å². The first kappa shape index (κ1) is 20.8. The highest BCUT2D eigenvalue weighted by Crippen LogP contribution is 2.36. The van der Waals surface area contributed by atoms with Crippen molar-refractivity contribution < 1.29 is 14.3 Å². The maximum Gasteiger partial charge on any atom is 0.254 e. The quantitative estimate of drug-likeness (QED) is 0.589. The zero-order valence-corrected chi connectivity index (χ0v) is 18.1. The molecule has 2 amide bonds. The zero-order valence-electron chi connectivity index (χ0n) is 18.1. The molecule has 2 aromatic carbocycles. The summed E-state index contributed by atoms with van der Waals surface area (Å²) in [5, 5.41) is 8.20. The summed E-state index contributed by atoms with van der Waals surface area (Å²) < 4.78 is 7.66. The third-order valence-corrected chi connectivity index (χ3v) is 6.26. The minimum Gasteiger partial charge on any atom is -0.457 e. The lowest BCUT2D eigenvalue weighted by molar-refractivity contribution is -0.128. The van der Waals surface area contributed by atoms with Gasteiger partial charge < -0.3 is 20.7 Å². The predicted molar refractivity (Wildman–Crippen MR) is 125 cm³/mol. The number of amides is 2. The first-order chi connectivity index (χ1) is 16.0. The van der Waals surface area contributed by atoms with E-state index in [1.54, 1.807) is 4.68 Å². The molecule has 2 aliphatic rings. The second-order valence-corrected chi connectivity index (χ2v) is 8.35. The van der Waals surface area contributed by atoms with E-state index in [1.807, 2.05) is 59.5 Å². The Bertz CT molecular complexity index is 1200. The molecule has 3 aromatic rings. The van der Waals surface area contributed by atoms with Crippen LogP contribution in [0.25, 0.3) is 11.3 Å². The topological polar surface area (TPSA) is 102 Å². The van der Waals surface area contributed by atoms with E-state index >= 15 is 0 Å². The van der Waals surface area contributed by atoms with Crippen LogP contribution in [0.4, 0.5) is 5.82 Å². The molecule has 1 fully saturated rings. The second kappa shape index (κ2) is 8.46. The molecule has 2 aliphatic heterocycles. The number of hydrogen-bond donors (Lipinski definition) is 2. The van der Waals surface area contributed by atoms with Gasteiger partial charge in [-0.2, -0.15) is 5.10 Å². The van der Waals surface area contributed by atoms with E-state index < -0.39 is 5.91 Å². The third-order valence-electron chi connectivity index (χ3n) is 6.26. The van der Waals surface area contributed by atoms with Crippen LogP contribution in [0, 0.1) is 5.92 Å². The summed E-state index contributed by atoms with van der Waals surface area (Å²) >= 11 is 0. The first-order valence-electron chi connectivity index (χ1n) is 11.0. The average Bonchev–Trinajstić information content (AvgIpc) is 3.21. The standard InChI is InChI=1S/C25H25N5O3/c1-2-21(31)29-13-12-20-17(14-29)15-30-25(27-20)22(24(26)32)23(28-30)16-8-10-19(11-9-16)33-18-6-4-3-5-7-18/h2-11,17,20,27H,1,12-15H2,(H2,26,32)/t17-,20-/m1/s1. The van der Waals surface area contributed by atoms with Crippen molar-refractivity contribution in [1.29, 1.82) is 0 Å². The van der Waals surface area contributed by atoms with E-state index in [9.17, 15) is 9.59 Å². The number of para-hydroxylation sites is 1. The first-order valence-corrected chi connectivity index (χ1v) is 11.0. The Morgan fingerprint density at radius 1 is 1.09 bits per heavy atom. The molecule has 0 radical (unpaired) electrons. The van der Waals surface area contributed by atoms with Crippen LogP contribution >= 0.6 is 0 Å². The number of likely N-dealkylation sites (tertiary alicyclic amines) is 1. The lowest BCUT2D eigenvalue weighted by atomic mass is 9.90. The van der Waals surface area contributed by atoms with E-state index in [4.69, 9.17) is 15.6 Å². The molecule has 0 spiro atoms. The molecule has 0 aliphatic carbocycles. The maximum atomic E-state index is 12.4. The van der Waals surface area contributed by atoms with E-state index in [-0.39, 0.29) is 17.9 Å². The molecule has 0 unspecified atom stereocenters. The van der Waals surface area contributed by atoms with Gasteiger partial charge in [-0.25, -0.2) is 4.68 Å². The number of nitrogens with two attached hydrogens (primary N) is 1. The number of primary amides is 1. The summed E-state index contributed by atoms with van der Waals surface area (Å²) in [5.74, 6) is 1.68. The smallest absolute Gasteiger partial charge is 0.254 e. The van der Waals surface area contributed by atoms with Gasteiger partial charge >= 0.3 is 0 Å². The fraction of sp³-hybridized carbons (Fsp3) is 0.240. The molecule has 33 heavy (non-hydrogen) atoms.